The smallest absolute Gasteiger partial charge is 0.164 e. The Morgan fingerprint density at radius 3 is 1.70 bits per heavy atom. The van der Waals surface area contributed by atoms with Gasteiger partial charge in [-0.25, -0.2) is 15.0 Å². The van der Waals surface area contributed by atoms with Gasteiger partial charge in [0.05, 0.1) is 11.0 Å². The summed E-state index contributed by atoms with van der Waals surface area (Å²) in [6.45, 7) is 0. The molecule has 7 aromatic carbocycles. The lowest BCUT2D eigenvalue weighted by Crippen LogP contribution is -2.55. The van der Waals surface area contributed by atoms with Crippen LogP contribution in [0.25, 0.3) is 83.6 Å². The molecule has 4 nitrogen and oxygen atoms in total. The molecule has 0 N–H and O–H groups in total. The summed E-state index contributed by atoms with van der Waals surface area (Å²) in [5.74, 6) is 5.14. The van der Waals surface area contributed by atoms with Gasteiger partial charge in [0.25, 0.3) is 0 Å². The molecule has 0 saturated heterocycles. The number of fused-ring (bicyclic) bond motifs is 9. The SMILES string of the molecule is c1ccc(-c2nc(-c3ccccc3)nc(-c3ccc(-n4c5ccc6ccccc6c5c5ccc6c(c54)C4(c5ccccc5-6)C5CC6CC(C5)CC4C6)cc3)n2)cc1. The molecule has 4 fully saturated rings. The van der Waals surface area contributed by atoms with Gasteiger partial charge < -0.3 is 4.57 Å². The lowest BCUT2D eigenvalue weighted by molar-refractivity contribution is -0.0394. The van der Waals surface area contributed by atoms with Crippen LogP contribution in [0.3, 0.4) is 0 Å². The quantitative estimate of drug-likeness (QED) is 0.181. The molecule has 4 heteroatoms. The van der Waals surface area contributed by atoms with E-state index in [1.807, 2.05) is 36.4 Å². The summed E-state index contributed by atoms with van der Waals surface area (Å²) in [6.07, 6.45) is 6.88. The molecular formula is C53H40N4. The average Bonchev–Trinajstić information content (AvgIpc) is 3.77. The van der Waals surface area contributed by atoms with E-state index in [4.69, 9.17) is 15.0 Å². The first-order valence-electron chi connectivity index (χ1n) is 20.8. The third kappa shape index (κ3) is 4.41. The highest BCUT2D eigenvalue weighted by atomic mass is 15.0. The molecule has 9 aromatic rings. The third-order valence-electron chi connectivity index (χ3n) is 14.4. The Balaban J connectivity index is 1.06. The maximum absolute atomic E-state index is 5.07. The summed E-state index contributed by atoms with van der Waals surface area (Å²) in [6, 6.07) is 57.5. The largest absolute Gasteiger partial charge is 0.309 e. The Morgan fingerprint density at radius 2 is 1.04 bits per heavy atom. The van der Waals surface area contributed by atoms with Crippen molar-refractivity contribution in [3.63, 3.8) is 0 Å². The maximum Gasteiger partial charge on any atom is 0.164 e. The summed E-state index contributed by atoms with van der Waals surface area (Å²) in [5, 5.41) is 5.31. The first-order valence-corrected chi connectivity index (χ1v) is 20.8. The Hall–Kier alpha value is -6.39. The van der Waals surface area contributed by atoms with Gasteiger partial charge in [0.1, 0.15) is 0 Å². The zero-order valence-electron chi connectivity index (χ0n) is 31.6. The van der Waals surface area contributed by atoms with Crippen LogP contribution in [0.15, 0.2) is 158 Å². The van der Waals surface area contributed by atoms with E-state index in [2.05, 4.69) is 126 Å². The lowest BCUT2D eigenvalue weighted by atomic mass is 9.43. The Kier molecular flexibility index (Phi) is 6.59. The normalized spacial score (nSPS) is 22.8. The number of benzene rings is 7. The Bertz CT molecular complexity index is 2980. The van der Waals surface area contributed by atoms with E-state index in [0.29, 0.717) is 29.3 Å². The topological polar surface area (TPSA) is 43.6 Å². The van der Waals surface area contributed by atoms with Crippen LogP contribution < -0.4 is 0 Å². The van der Waals surface area contributed by atoms with E-state index in [-0.39, 0.29) is 5.41 Å². The fourth-order valence-corrected chi connectivity index (χ4v) is 12.5. The van der Waals surface area contributed by atoms with Crippen molar-refractivity contribution in [3.05, 3.63) is 169 Å². The number of nitrogens with zero attached hydrogens (tertiary/aromatic N) is 4. The van der Waals surface area contributed by atoms with Gasteiger partial charge in [0.15, 0.2) is 17.5 Å². The minimum Gasteiger partial charge on any atom is -0.309 e. The minimum atomic E-state index is 0.0350. The zero-order chi connectivity index (χ0) is 37.2. The van der Waals surface area contributed by atoms with E-state index in [1.54, 1.807) is 11.1 Å². The molecular weight excluding hydrogens is 693 g/mol. The van der Waals surface area contributed by atoms with Crippen molar-refractivity contribution < 1.29 is 0 Å². The van der Waals surface area contributed by atoms with Gasteiger partial charge >= 0.3 is 0 Å². The van der Waals surface area contributed by atoms with Gasteiger partial charge in [-0.1, -0.05) is 127 Å². The first kappa shape index (κ1) is 31.8. The highest BCUT2D eigenvalue weighted by Gasteiger charge is 2.62. The number of hydrogen-bond donors (Lipinski definition) is 0. The van der Waals surface area contributed by atoms with Crippen LogP contribution in [0.5, 0.6) is 0 Å². The van der Waals surface area contributed by atoms with E-state index in [0.717, 1.165) is 34.2 Å². The second kappa shape index (κ2) is 11.8. The van der Waals surface area contributed by atoms with Crippen molar-refractivity contribution in [2.45, 2.75) is 37.5 Å². The molecule has 57 heavy (non-hydrogen) atoms. The van der Waals surface area contributed by atoms with Crippen LogP contribution >= 0.6 is 0 Å². The standard InChI is InChI=1S/C53H40N4/c1-3-12-35(13-4-1)50-54-51(36-14-5-2-6-15-36)56-52(55-50)37-19-22-40(23-20-37)57-46-26-21-34-11-7-8-16-41(34)47(46)44-25-24-43-42-17-9-10-18-45(42)53(48(43)49(44)57)38-28-32-27-33(30-38)31-39(53)29-32/h1-26,32-33,38-39H,27-31H2. The average molecular weight is 733 g/mol. The molecule has 2 heterocycles. The predicted octanol–water partition coefficient (Wildman–Crippen LogP) is 12.8. The molecule has 4 bridgehead atoms. The first-order chi connectivity index (χ1) is 28.2. The second-order valence-electron chi connectivity index (χ2n) is 17.2. The van der Waals surface area contributed by atoms with Crippen molar-refractivity contribution in [2.24, 2.45) is 23.7 Å². The van der Waals surface area contributed by atoms with Crippen molar-refractivity contribution in [2.75, 3.05) is 0 Å². The third-order valence-corrected chi connectivity index (χ3v) is 14.4. The van der Waals surface area contributed by atoms with Gasteiger partial charge in [-0.3, -0.25) is 0 Å². The fraction of sp³-hybridized carbons (Fsp3) is 0.189. The van der Waals surface area contributed by atoms with E-state index in [9.17, 15) is 0 Å². The van der Waals surface area contributed by atoms with Gasteiger partial charge in [-0.2, -0.15) is 0 Å². The van der Waals surface area contributed by atoms with E-state index in [1.165, 1.54) is 75.8 Å². The molecule has 0 atom stereocenters. The van der Waals surface area contributed by atoms with Crippen LogP contribution in [-0.2, 0) is 5.41 Å². The Morgan fingerprint density at radius 1 is 0.456 bits per heavy atom. The van der Waals surface area contributed by atoms with Gasteiger partial charge in [0.2, 0.25) is 0 Å². The van der Waals surface area contributed by atoms with Gasteiger partial charge in [-0.05, 0) is 119 Å². The molecule has 0 radical (unpaired) electrons. The van der Waals surface area contributed by atoms with Gasteiger partial charge in [-0.15, -0.1) is 0 Å². The summed E-state index contributed by atoms with van der Waals surface area (Å²) < 4.78 is 2.62. The molecule has 14 rings (SSSR count). The lowest BCUT2D eigenvalue weighted by Gasteiger charge is -2.61. The van der Waals surface area contributed by atoms with Crippen LogP contribution in [0.1, 0.15) is 43.2 Å². The van der Waals surface area contributed by atoms with Crippen LogP contribution in [-0.4, -0.2) is 19.5 Å². The molecule has 5 aliphatic rings. The monoisotopic (exact) mass is 732 g/mol. The zero-order valence-corrected chi connectivity index (χ0v) is 31.6. The molecule has 0 aliphatic heterocycles. The van der Waals surface area contributed by atoms with Gasteiger partial charge in [0, 0.05) is 38.6 Å². The van der Waals surface area contributed by atoms with Crippen LogP contribution in [0.4, 0.5) is 0 Å². The van der Waals surface area contributed by atoms with Crippen molar-refractivity contribution in [1.82, 2.24) is 19.5 Å². The van der Waals surface area contributed by atoms with Crippen molar-refractivity contribution in [3.8, 4) is 51.0 Å². The Labute approximate surface area is 331 Å². The number of aromatic nitrogens is 4. The predicted molar refractivity (Wildman–Crippen MR) is 231 cm³/mol. The van der Waals surface area contributed by atoms with Crippen molar-refractivity contribution in [1.29, 1.82) is 0 Å². The molecule has 4 saturated carbocycles. The van der Waals surface area contributed by atoms with E-state index >= 15 is 0 Å². The molecule has 0 unspecified atom stereocenters. The molecule has 0 amide bonds. The minimum absolute atomic E-state index is 0.0350. The molecule has 1 spiro atoms. The maximum atomic E-state index is 5.07. The molecule has 272 valence electrons. The summed E-state index contributed by atoms with van der Waals surface area (Å²) in [4.78, 5) is 15.1. The van der Waals surface area contributed by atoms with E-state index < -0.39 is 0 Å². The summed E-state index contributed by atoms with van der Waals surface area (Å²) in [5.41, 5.74) is 12.9. The second-order valence-corrected chi connectivity index (χ2v) is 17.2. The summed E-state index contributed by atoms with van der Waals surface area (Å²) in [7, 11) is 0. The summed E-state index contributed by atoms with van der Waals surface area (Å²) >= 11 is 0. The van der Waals surface area contributed by atoms with Crippen LogP contribution in [0, 0.1) is 23.7 Å². The van der Waals surface area contributed by atoms with Crippen LogP contribution in [0.2, 0.25) is 0 Å². The fourth-order valence-electron chi connectivity index (χ4n) is 12.5. The number of hydrogen-bond acceptors (Lipinski definition) is 3. The number of rotatable bonds is 4. The highest BCUT2D eigenvalue weighted by molar-refractivity contribution is 6.23. The molecule has 2 aromatic heterocycles. The van der Waals surface area contributed by atoms with Crippen molar-refractivity contribution >= 4 is 32.6 Å². The highest BCUT2D eigenvalue weighted by Crippen LogP contribution is 2.70. The molecule has 5 aliphatic carbocycles.